The zero-order valence-electron chi connectivity index (χ0n) is 20.3. The number of amides is 1. The fourth-order valence-corrected chi connectivity index (χ4v) is 4.56. The highest BCUT2D eigenvalue weighted by molar-refractivity contribution is 8.00. The van der Waals surface area contributed by atoms with Crippen molar-refractivity contribution >= 4 is 17.7 Å². The third-order valence-electron chi connectivity index (χ3n) is 5.60. The molecule has 1 amide bonds. The Balaban J connectivity index is 1.48. The Bertz CT molecular complexity index is 1390. The molecule has 1 aliphatic rings. The second-order valence-corrected chi connectivity index (χ2v) is 8.95. The molecule has 1 N–H and O–H groups in total. The second-order valence-electron chi connectivity index (χ2n) is 7.99. The van der Waals surface area contributed by atoms with Crippen LogP contribution in [0.2, 0.25) is 0 Å². The Morgan fingerprint density at radius 1 is 1.11 bits per heavy atom. The third-order valence-corrected chi connectivity index (χ3v) is 6.57. The van der Waals surface area contributed by atoms with Crippen LogP contribution in [0.25, 0.3) is 11.3 Å². The summed E-state index contributed by atoms with van der Waals surface area (Å²) < 4.78 is 62.5. The maximum Gasteiger partial charge on any atom is 0.417 e. The molecule has 0 spiro atoms. The SMILES string of the molecule is COc1ccc(CCNC(=O)CSc2nc(-c3ccc4c(c3)OCO4)cc(C(F)(F)F)c2C#N)cc1OC. The van der Waals surface area contributed by atoms with Gasteiger partial charge in [-0.1, -0.05) is 17.8 Å². The molecule has 38 heavy (non-hydrogen) atoms. The topological polar surface area (TPSA) is 103 Å². The van der Waals surface area contributed by atoms with Crippen molar-refractivity contribution in [2.24, 2.45) is 0 Å². The minimum absolute atomic E-state index is 0.00835. The van der Waals surface area contributed by atoms with Crippen molar-refractivity contribution in [3.63, 3.8) is 0 Å². The highest BCUT2D eigenvalue weighted by Crippen LogP contribution is 2.40. The molecule has 2 aromatic carbocycles. The number of fused-ring (bicyclic) bond motifs is 1. The molecule has 0 unspecified atom stereocenters. The summed E-state index contributed by atoms with van der Waals surface area (Å²) in [5.74, 6) is 1.35. The van der Waals surface area contributed by atoms with Crippen molar-refractivity contribution in [1.29, 1.82) is 5.26 Å². The van der Waals surface area contributed by atoms with E-state index in [-0.39, 0.29) is 23.3 Å². The van der Waals surface area contributed by atoms with E-state index in [9.17, 15) is 23.2 Å². The predicted octanol–water partition coefficient (Wildman–Crippen LogP) is 4.84. The number of pyridine rings is 1. The first-order valence-electron chi connectivity index (χ1n) is 11.3. The first-order chi connectivity index (χ1) is 18.2. The van der Waals surface area contributed by atoms with Gasteiger partial charge in [-0.05, 0) is 48.4 Å². The van der Waals surface area contributed by atoms with Gasteiger partial charge in [-0.2, -0.15) is 18.4 Å². The number of hydrogen-bond acceptors (Lipinski definition) is 8. The van der Waals surface area contributed by atoms with Crippen molar-refractivity contribution in [2.75, 3.05) is 33.3 Å². The van der Waals surface area contributed by atoms with Gasteiger partial charge in [0, 0.05) is 12.1 Å². The van der Waals surface area contributed by atoms with E-state index in [0.717, 1.165) is 23.4 Å². The normalized spacial score (nSPS) is 12.1. The van der Waals surface area contributed by atoms with Gasteiger partial charge < -0.3 is 24.3 Å². The molecule has 0 saturated carbocycles. The van der Waals surface area contributed by atoms with Crippen LogP contribution in [0.3, 0.4) is 0 Å². The van der Waals surface area contributed by atoms with Gasteiger partial charge in [0.2, 0.25) is 12.7 Å². The van der Waals surface area contributed by atoms with E-state index in [0.29, 0.717) is 41.5 Å². The summed E-state index contributed by atoms with van der Waals surface area (Å²) >= 11 is 0.763. The van der Waals surface area contributed by atoms with Gasteiger partial charge in [0.25, 0.3) is 0 Å². The van der Waals surface area contributed by atoms with Gasteiger partial charge in [0.1, 0.15) is 11.1 Å². The van der Waals surface area contributed by atoms with Crippen LogP contribution in [0.4, 0.5) is 13.2 Å². The molecule has 0 saturated heterocycles. The number of alkyl halides is 3. The number of rotatable bonds is 9. The van der Waals surface area contributed by atoms with Crippen molar-refractivity contribution in [2.45, 2.75) is 17.6 Å². The fraction of sp³-hybridized carbons (Fsp3) is 0.269. The quantitative estimate of drug-likeness (QED) is 0.382. The van der Waals surface area contributed by atoms with E-state index in [1.807, 2.05) is 6.07 Å². The Kier molecular flexibility index (Phi) is 8.16. The predicted molar refractivity (Wildman–Crippen MR) is 132 cm³/mol. The van der Waals surface area contributed by atoms with Crippen LogP contribution in [0.15, 0.2) is 47.5 Å². The molecule has 0 atom stereocenters. The number of hydrogen-bond donors (Lipinski definition) is 1. The monoisotopic (exact) mass is 545 g/mol. The maximum atomic E-state index is 13.8. The average Bonchev–Trinajstić information content (AvgIpc) is 3.38. The number of thioether (sulfide) groups is 1. The van der Waals surface area contributed by atoms with Crippen LogP contribution < -0.4 is 24.3 Å². The maximum absolute atomic E-state index is 13.8. The fourth-order valence-electron chi connectivity index (χ4n) is 3.73. The molecule has 0 aliphatic carbocycles. The molecular formula is C26H22F3N3O5S. The lowest BCUT2D eigenvalue weighted by Gasteiger charge is -2.14. The summed E-state index contributed by atoms with van der Waals surface area (Å²) in [7, 11) is 3.06. The Morgan fingerprint density at radius 2 is 1.87 bits per heavy atom. The summed E-state index contributed by atoms with van der Waals surface area (Å²) in [5.41, 5.74) is -0.518. The summed E-state index contributed by atoms with van der Waals surface area (Å²) in [5, 5.41) is 12.0. The Morgan fingerprint density at radius 3 is 2.58 bits per heavy atom. The molecule has 1 aromatic heterocycles. The van der Waals surface area contributed by atoms with Crippen molar-refractivity contribution in [1.82, 2.24) is 10.3 Å². The van der Waals surface area contributed by atoms with Crippen LogP contribution in [0.1, 0.15) is 16.7 Å². The standard InChI is InChI=1S/C26H22F3N3O5S/c1-34-20-5-3-15(9-22(20)35-2)7-8-31-24(33)13-38-25-17(12-30)18(26(27,28)29)11-19(32-25)16-4-6-21-23(10-16)37-14-36-21/h3-6,9-11H,7-8,13-14H2,1-2H3,(H,31,33). The minimum Gasteiger partial charge on any atom is -0.493 e. The molecular weight excluding hydrogens is 523 g/mol. The minimum atomic E-state index is -4.80. The number of benzene rings is 2. The number of halogens is 3. The van der Waals surface area contributed by atoms with E-state index in [4.69, 9.17) is 18.9 Å². The van der Waals surface area contributed by atoms with Gasteiger partial charge >= 0.3 is 6.18 Å². The number of ether oxygens (including phenoxy) is 4. The van der Waals surface area contributed by atoms with Crippen molar-refractivity contribution in [3.8, 4) is 40.3 Å². The molecule has 0 bridgehead atoms. The lowest BCUT2D eigenvalue weighted by molar-refractivity contribution is -0.138. The third kappa shape index (κ3) is 6.06. The number of carbonyl (C=O) groups excluding carboxylic acids is 1. The van der Waals surface area contributed by atoms with E-state index >= 15 is 0 Å². The van der Waals surface area contributed by atoms with E-state index < -0.39 is 23.2 Å². The number of methoxy groups -OCH3 is 2. The first-order valence-corrected chi connectivity index (χ1v) is 12.2. The van der Waals surface area contributed by atoms with Crippen LogP contribution in [-0.4, -0.2) is 44.2 Å². The molecule has 0 fully saturated rings. The van der Waals surface area contributed by atoms with Gasteiger partial charge in [0.15, 0.2) is 23.0 Å². The second kappa shape index (κ2) is 11.5. The lowest BCUT2D eigenvalue weighted by atomic mass is 10.0. The molecule has 8 nitrogen and oxygen atoms in total. The van der Waals surface area contributed by atoms with Crippen molar-refractivity contribution < 1.29 is 36.9 Å². The number of nitrogens with zero attached hydrogens (tertiary/aromatic N) is 2. The van der Waals surface area contributed by atoms with Crippen LogP contribution in [0, 0.1) is 11.3 Å². The largest absolute Gasteiger partial charge is 0.493 e. The summed E-state index contributed by atoms with van der Waals surface area (Å²) in [6.45, 7) is 0.300. The summed E-state index contributed by atoms with van der Waals surface area (Å²) in [6.07, 6.45) is -4.30. The van der Waals surface area contributed by atoms with Crippen molar-refractivity contribution in [3.05, 3.63) is 59.2 Å². The van der Waals surface area contributed by atoms with Crippen LogP contribution in [0.5, 0.6) is 23.0 Å². The molecule has 12 heteroatoms. The van der Waals surface area contributed by atoms with Gasteiger partial charge in [-0.25, -0.2) is 4.98 Å². The van der Waals surface area contributed by atoms with Gasteiger partial charge in [-0.3, -0.25) is 4.79 Å². The molecule has 2 heterocycles. The summed E-state index contributed by atoms with van der Waals surface area (Å²) in [6, 6.07) is 12.5. The average molecular weight is 546 g/mol. The number of nitriles is 1. The first kappa shape index (κ1) is 26.9. The zero-order chi connectivity index (χ0) is 27.3. The van der Waals surface area contributed by atoms with Gasteiger partial charge in [-0.15, -0.1) is 0 Å². The molecule has 4 rings (SSSR count). The number of nitrogens with one attached hydrogen (secondary N) is 1. The van der Waals surface area contributed by atoms with E-state index in [1.165, 1.54) is 20.3 Å². The highest BCUT2D eigenvalue weighted by Gasteiger charge is 2.36. The number of carbonyl (C=O) groups is 1. The van der Waals surface area contributed by atoms with Crippen LogP contribution in [-0.2, 0) is 17.4 Å². The zero-order valence-corrected chi connectivity index (χ0v) is 21.2. The number of aromatic nitrogens is 1. The Hall–Kier alpha value is -4.11. The Labute approximate surface area is 220 Å². The molecule has 198 valence electrons. The lowest BCUT2D eigenvalue weighted by Crippen LogP contribution is -2.27. The molecule has 3 aromatic rings. The van der Waals surface area contributed by atoms with E-state index in [1.54, 1.807) is 30.3 Å². The summed E-state index contributed by atoms with van der Waals surface area (Å²) in [4.78, 5) is 16.7. The smallest absolute Gasteiger partial charge is 0.417 e. The molecule has 1 aliphatic heterocycles. The molecule has 0 radical (unpaired) electrons. The van der Waals surface area contributed by atoms with E-state index in [2.05, 4.69) is 10.3 Å². The van der Waals surface area contributed by atoms with Crippen LogP contribution >= 0.6 is 11.8 Å². The highest BCUT2D eigenvalue weighted by atomic mass is 32.2. The van der Waals surface area contributed by atoms with Gasteiger partial charge in [0.05, 0.1) is 36.8 Å².